The number of rotatable bonds is 9. The van der Waals surface area contributed by atoms with E-state index in [1.807, 2.05) is 18.2 Å². The molecule has 0 aliphatic carbocycles. The van der Waals surface area contributed by atoms with Gasteiger partial charge in [-0.05, 0) is 42.7 Å². The average molecular weight is 537 g/mol. The Hall–Kier alpha value is -4.17. The summed E-state index contributed by atoms with van der Waals surface area (Å²) in [5.41, 5.74) is 3.78. The van der Waals surface area contributed by atoms with E-state index in [1.54, 1.807) is 56.3 Å². The molecule has 0 fully saturated rings. The van der Waals surface area contributed by atoms with Crippen molar-refractivity contribution in [2.24, 2.45) is 0 Å². The van der Waals surface area contributed by atoms with Gasteiger partial charge in [-0.25, -0.2) is 9.18 Å². The lowest BCUT2D eigenvalue weighted by molar-refractivity contribution is -0.142. The summed E-state index contributed by atoms with van der Waals surface area (Å²) < 4.78 is 30.8. The molecule has 0 bridgehead atoms. The molecule has 0 unspecified atom stereocenters. The van der Waals surface area contributed by atoms with Crippen molar-refractivity contribution < 1.29 is 28.0 Å². The molecule has 1 amide bonds. The van der Waals surface area contributed by atoms with E-state index >= 15 is 4.39 Å². The van der Waals surface area contributed by atoms with Gasteiger partial charge in [0.2, 0.25) is 0 Å². The number of anilines is 1. The molecule has 3 aromatic carbocycles. The molecule has 38 heavy (non-hydrogen) atoms. The Labute approximate surface area is 224 Å². The summed E-state index contributed by atoms with van der Waals surface area (Å²) in [4.78, 5) is 24.1. The maximum atomic E-state index is 15.1. The fraction of sp³-hybridized carbons (Fsp3) is 0.207. The molecule has 0 spiro atoms. The number of benzene rings is 3. The van der Waals surface area contributed by atoms with E-state index in [2.05, 4.69) is 10.5 Å². The SMILES string of the molecule is CCOC(=O)Cc1ccc(-c2ccc(-c3onc(C)c3NC(=O)OCCc3ccccc3Cl)cc2F)cc1. The lowest BCUT2D eigenvalue weighted by atomic mass is 10.00. The molecule has 196 valence electrons. The van der Waals surface area contributed by atoms with Gasteiger partial charge in [-0.1, -0.05) is 71.4 Å². The number of nitrogens with zero attached hydrogens (tertiary/aromatic N) is 1. The van der Waals surface area contributed by atoms with Crippen LogP contribution in [0.3, 0.4) is 0 Å². The quantitative estimate of drug-likeness (QED) is 0.231. The molecule has 7 nitrogen and oxygen atoms in total. The fourth-order valence-corrected chi connectivity index (χ4v) is 4.11. The number of carbonyl (C=O) groups excluding carboxylic acids is 2. The largest absolute Gasteiger partial charge is 0.466 e. The van der Waals surface area contributed by atoms with Gasteiger partial charge in [-0.15, -0.1) is 0 Å². The highest BCUT2D eigenvalue weighted by molar-refractivity contribution is 6.31. The van der Waals surface area contributed by atoms with Gasteiger partial charge in [0.1, 0.15) is 17.2 Å². The Morgan fingerprint density at radius 2 is 1.76 bits per heavy atom. The van der Waals surface area contributed by atoms with Gasteiger partial charge in [-0.2, -0.15) is 0 Å². The molecule has 0 aliphatic heterocycles. The maximum absolute atomic E-state index is 15.1. The minimum atomic E-state index is -0.690. The number of hydrogen-bond acceptors (Lipinski definition) is 6. The number of aryl methyl sites for hydroxylation is 1. The maximum Gasteiger partial charge on any atom is 0.411 e. The molecule has 0 saturated heterocycles. The zero-order valence-corrected chi connectivity index (χ0v) is 21.7. The van der Waals surface area contributed by atoms with E-state index in [0.29, 0.717) is 46.1 Å². The van der Waals surface area contributed by atoms with Crippen molar-refractivity contribution in [3.8, 4) is 22.5 Å². The third-order valence-electron chi connectivity index (χ3n) is 5.80. The second-order valence-corrected chi connectivity index (χ2v) is 8.85. The van der Waals surface area contributed by atoms with E-state index in [9.17, 15) is 9.59 Å². The highest BCUT2D eigenvalue weighted by Gasteiger charge is 2.20. The van der Waals surface area contributed by atoms with Gasteiger partial charge in [0.25, 0.3) is 0 Å². The predicted octanol–water partition coefficient (Wildman–Crippen LogP) is 7.01. The van der Waals surface area contributed by atoms with E-state index in [0.717, 1.165) is 11.1 Å². The van der Waals surface area contributed by atoms with Crippen molar-refractivity contribution in [2.45, 2.75) is 26.7 Å². The van der Waals surface area contributed by atoms with Gasteiger partial charge in [0.05, 0.1) is 19.6 Å². The second kappa shape index (κ2) is 12.4. The monoisotopic (exact) mass is 536 g/mol. The summed E-state index contributed by atoms with van der Waals surface area (Å²) in [7, 11) is 0. The number of ether oxygens (including phenoxy) is 2. The second-order valence-electron chi connectivity index (χ2n) is 8.45. The van der Waals surface area contributed by atoms with Crippen LogP contribution in [0.25, 0.3) is 22.5 Å². The van der Waals surface area contributed by atoms with E-state index in [-0.39, 0.29) is 24.8 Å². The molecular formula is C29H26ClFN2O5. The first-order valence-electron chi connectivity index (χ1n) is 12.0. The van der Waals surface area contributed by atoms with Crippen molar-refractivity contribution in [3.63, 3.8) is 0 Å². The zero-order valence-electron chi connectivity index (χ0n) is 20.9. The van der Waals surface area contributed by atoms with E-state index in [4.69, 9.17) is 25.6 Å². The first-order valence-corrected chi connectivity index (χ1v) is 12.4. The zero-order chi connectivity index (χ0) is 27.1. The van der Waals surface area contributed by atoms with Crippen LogP contribution in [0.15, 0.2) is 71.3 Å². The Kier molecular flexibility index (Phi) is 8.76. The van der Waals surface area contributed by atoms with Crippen LogP contribution >= 0.6 is 11.6 Å². The van der Waals surface area contributed by atoms with Crippen molar-refractivity contribution in [1.29, 1.82) is 0 Å². The molecule has 0 saturated carbocycles. The Morgan fingerprint density at radius 3 is 2.47 bits per heavy atom. The van der Waals surface area contributed by atoms with Gasteiger partial charge in [-0.3, -0.25) is 10.1 Å². The number of amides is 1. The van der Waals surface area contributed by atoms with Crippen molar-refractivity contribution in [3.05, 3.63) is 94.4 Å². The van der Waals surface area contributed by atoms with Crippen molar-refractivity contribution >= 4 is 29.4 Å². The highest BCUT2D eigenvalue weighted by Crippen LogP contribution is 2.34. The molecule has 0 radical (unpaired) electrons. The van der Waals surface area contributed by atoms with Crippen LogP contribution in [-0.2, 0) is 27.1 Å². The molecule has 4 rings (SSSR count). The molecule has 9 heteroatoms. The number of halogens is 2. The van der Waals surface area contributed by atoms with Crippen LogP contribution < -0.4 is 5.32 Å². The van der Waals surface area contributed by atoms with Crippen molar-refractivity contribution in [1.82, 2.24) is 5.16 Å². The third kappa shape index (κ3) is 6.58. The summed E-state index contributed by atoms with van der Waals surface area (Å²) >= 11 is 6.14. The Morgan fingerprint density at radius 1 is 1.03 bits per heavy atom. The van der Waals surface area contributed by atoms with Gasteiger partial charge in [0.15, 0.2) is 5.76 Å². The minimum absolute atomic E-state index is 0.122. The van der Waals surface area contributed by atoms with Crippen LogP contribution in [0.4, 0.5) is 14.9 Å². The Bertz CT molecular complexity index is 1440. The van der Waals surface area contributed by atoms with Crippen LogP contribution in [0.1, 0.15) is 23.7 Å². The third-order valence-corrected chi connectivity index (χ3v) is 6.17. The van der Waals surface area contributed by atoms with Crippen LogP contribution in [0.2, 0.25) is 5.02 Å². The van der Waals surface area contributed by atoms with Crippen molar-refractivity contribution in [2.75, 3.05) is 18.5 Å². The standard InChI is InChI=1S/C29H26ClFN2O5/c1-3-36-26(34)16-19-8-10-20(11-9-19)23-13-12-22(17-25(23)31)28-27(18(2)33-38-28)32-29(35)37-15-14-21-6-4-5-7-24(21)30/h4-13,17H,3,14-16H2,1-2H3,(H,32,35). The molecule has 1 N–H and O–H groups in total. The highest BCUT2D eigenvalue weighted by atomic mass is 35.5. The molecular weight excluding hydrogens is 511 g/mol. The summed E-state index contributed by atoms with van der Waals surface area (Å²) in [6, 6.07) is 19.0. The first-order chi connectivity index (χ1) is 18.4. The van der Waals surface area contributed by atoms with Crippen LogP contribution in [-0.4, -0.2) is 30.4 Å². The number of nitrogens with one attached hydrogen (secondary N) is 1. The molecule has 4 aromatic rings. The van der Waals surface area contributed by atoms with E-state index < -0.39 is 11.9 Å². The summed E-state index contributed by atoms with van der Waals surface area (Å²) in [5, 5.41) is 7.17. The molecule has 0 aliphatic rings. The molecule has 1 aromatic heterocycles. The normalized spacial score (nSPS) is 10.7. The fourth-order valence-electron chi connectivity index (χ4n) is 3.88. The Balaban J connectivity index is 1.44. The topological polar surface area (TPSA) is 90.7 Å². The average Bonchev–Trinajstić information content (AvgIpc) is 3.25. The predicted molar refractivity (Wildman–Crippen MR) is 143 cm³/mol. The van der Waals surface area contributed by atoms with Gasteiger partial charge >= 0.3 is 12.1 Å². The van der Waals surface area contributed by atoms with Crippen LogP contribution in [0, 0.1) is 12.7 Å². The lowest BCUT2D eigenvalue weighted by Crippen LogP contribution is -2.16. The van der Waals surface area contributed by atoms with Gasteiger partial charge in [0, 0.05) is 22.6 Å². The first kappa shape index (κ1) is 26.9. The number of hydrogen-bond donors (Lipinski definition) is 1. The lowest BCUT2D eigenvalue weighted by Gasteiger charge is -2.09. The smallest absolute Gasteiger partial charge is 0.411 e. The summed E-state index contributed by atoms with van der Waals surface area (Å²) in [6.45, 7) is 3.86. The minimum Gasteiger partial charge on any atom is -0.466 e. The molecule has 0 atom stereocenters. The number of aromatic nitrogens is 1. The number of esters is 1. The summed E-state index contributed by atoms with van der Waals surface area (Å²) in [5.74, 6) is -0.587. The molecule has 1 heterocycles. The van der Waals surface area contributed by atoms with E-state index in [1.165, 1.54) is 6.07 Å². The number of carbonyl (C=O) groups is 2. The van der Waals surface area contributed by atoms with Gasteiger partial charge < -0.3 is 14.0 Å². The van der Waals surface area contributed by atoms with Crippen LogP contribution in [0.5, 0.6) is 0 Å². The summed E-state index contributed by atoms with van der Waals surface area (Å²) in [6.07, 6.45) is -0.0814.